The highest BCUT2D eigenvalue weighted by Gasteiger charge is 2.05. The molecule has 126 valence electrons. The zero-order valence-electron chi connectivity index (χ0n) is 13.7. The molecule has 0 saturated heterocycles. The lowest BCUT2D eigenvalue weighted by molar-refractivity contribution is -0.111. The molecule has 2 aromatic carbocycles. The number of amides is 1. The monoisotopic (exact) mass is 345 g/mol. The molecule has 0 bridgehead atoms. The molecular formula is C19H20ClNO3. The van der Waals surface area contributed by atoms with Gasteiger partial charge in [-0.15, -0.1) is 0 Å². The van der Waals surface area contributed by atoms with E-state index in [0.29, 0.717) is 28.8 Å². The topological polar surface area (TPSA) is 47.6 Å². The molecule has 0 aromatic heterocycles. The van der Waals surface area contributed by atoms with Crippen molar-refractivity contribution in [2.24, 2.45) is 0 Å². The predicted octanol–water partition coefficient (Wildman–Crippen LogP) is 4.79. The van der Waals surface area contributed by atoms with Crippen LogP contribution in [0.5, 0.6) is 11.5 Å². The maximum atomic E-state index is 12.0. The maximum absolute atomic E-state index is 12.0. The molecule has 1 amide bonds. The molecule has 5 heteroatoms. The van der Waals surface area contributed by atoms with Gasteiger partial charge in [0.1, 0.15) is 0 Å². The summed E-state index contributed by atoms with van der Waals surface area (Å²) in [6.45, 7) is 2.67. The third-order valence-corrected chi connectivity index (χ3v) is 3.54. The summed E-state index contributed by atoms with van der Waals surface area (Å²) in [7, 11) is 1.59. The number of methoxy groups -OCH3 is 1. The Morgan fingerprint density at radius 3 is 2.71 bits per heavy atom. The molecule has 0 fully saturated rings. The molecule has 24 heavy (non-hydrogen) atoms. The van der Waals surface area contributed by atoms with Gasteiger partial charge >= 0.3 is 0 Å². The van der Waals surface area contributed by atoms with E-state index in [2.05, 4.69) is 5.32 Å². The summed E-state index contributed by atoms with van der Waals surface area (Å²) >= 11 is 6.01. The molecule has 0 radical (unpaired) electrons. The van der Waals surface area contributed by atoms with Gasteiger partial charge in [0.25, 0.3) is 0 Å². The Morgan fingerprint density at radius 1 is 1.21 bits per heavy atom. The third-order valence-electron chi connectivity index (χ3n) is 3.21. The number of carbonyl (C=O) groups excluding carboxylic acids is 1. The van der Waals surface area contributed by atoms with E-state index in [1.54, 1.807) is 25.3 Å². The van der Waals surface area contributed by atoms with Crippen LogP contribution < -0.4 is 14.8 Å². The number of anilines is 1. The minimum absolute atomic E-state index is 0.256. The zero-order chi connectivity index (χ0) is 17.4. The SMILES string of the molecule is CCCOc1ccc(C=CC(=O)Nc2ccccc2Cl)cc1OC. The van der Waals surface area contributed by atoms with Crippen molar-refractivity contribution in [3.63, 3.8) is 0 Å². The van der Waals surface area contributed by atoms with Crippen LogP contribution in [0.15, 0.2) is 48.5 Å². The van der Waals surface area contributed by atoms with Gasteiger partial charge in [0.2, 0.25) is 5.91 Å². The molecule has 0 spiro atoms. The van der Waals surface area contributed by atoms with Crippen molar-refractivity contribution >= 4 is 29.3 Å². The van der Waals surface area contributed by atoms with Crippen molar-refractivity contribution in [1.29, 1.82) is 0 Å². The van der Waals surface area contributed by atoms with Gasteiger partial charge in [-0.3, -0.25) is 4.79 Å². The van der Waals surface area contributed by atoms with Crippen LogP contribution in [-0.2, 0) is 4.79 Å². The van der Waals surface area contributed by atoms with Gasteiger partial charge in [-0.05, 0) is 42.3 Å². The molecule has 0 aliphatic carbocycles. The summed E-state index contributed by atoms with van der Waals surface area (Å²) < 4.78 is 10.9. The van der Waals surface area contributed by atoms with Crippen molar-refractivity contribution in [3.05, 3.63) is 59.1 Å². The van der Waals surface area contributed by atoms with E-state index in [4.69, 9.17) is 21.1 Å². The highest BCUT2D eigenvalue weighted by Crippen LogP contribution is 2.28. The van der Waals surface area contributed by atoms with Crippen molar-refractivity contribution in [3.8, 4) is 11.5 Å². The molecule has 0 unspecified atom stereocenters. The van der Waals surface area contributed by atoms with Crippen molar-refractivity contribution in [2.75, 3.05) is 19.0 Å². The van der Waals surface area contributed by atoms with Crippen LogP contribution in [0.4, 0.5) is 5.69 Å². The van der Waals surface area contributed by atoms with E-state index >= 15 is 0 Å². The van der Waals surface area contributed by atoms with Crippen molar-refractivity contribution in [1.82, 2.24) is 0 Å². The molecule has 0 heterocycles. The first-order valence-corrected chi connectivity index (χ1v) is 8.06. The van der Waals surface area contributed by atoms with Crippen LogP contribution in [0.3, 0.4) is 0 Å². The zero-order valence-corrected chi connectivity index (χ0v) is 14.5. The molecular weight excluding hydrogens is 326 g/mol. The van der Waals surface area contributed by atoms with E-state index in [1.165, 1.54) is 6.08 Å². The lowest BCUT2D eigenvalue weighted by Gasteiger charge is -2.10. The molecule has 0 aliphatic heterocycles. The molecule has 4 nitrogen and oxygen atoms in total. The van der Waals surface area contributed by atoms with Gasteiger partial charge in [0.05, 0.1) is 24.4 Å². The van der Waals surface area contributed by atoms with E-state index in [1.807, 2.05) is 37.3 Å². The summed E-state index contributed by atoms with van der Waals surface area (Å²) in [6.07, 6.45) is 4.08. The largest absolute Gasteiger partial charge is 0.493 e. The molecule has 0 aliphatic rings. The number of carbonyl (C=O) groups is 1. The third kappa shape index (κ3) is 5.03. The van der Waals surface area contributed by atoms with Gasteiger partial charge in [-0.2, -0.15) is 0 Å². The van der Waals surface area contributed by atoms with Gasteiger partial charge in [-0.25, -0.2) is 0 Å². The van der Waals surface area contributed by atoms with Crippen LogP contribution in [-0.4, -0.2) is 19.6 Å². The van der Waals surface area contributed by atoms with E-state index in [-0.39, 0.29) is 5.91 Å². The lowest BCUT2D eigenvalue weighted by atomic mass is 10.2. The van der Waals surface area contributed by atoms with Crippen LogP contribution >= 0.6 is 11.6 Å². The molecule has 1 N–H and O–H groups in total. The standard InChI is InChI=1S/C19H20ClNO3/c1-3-12-24-17-10-8-14(13-18(17)23-2)9-11-19(22)21-16-7-5-4-6-15(16)20/h4-11,13H,3,12H2,1-2H3,(H,21,22). The summed E-state index contributed by atoms with van der Waals surface area (Å²) in [5.74, 6) is 1.07. The minimum atomic E-state index is -0.256. The van der Waals surface area contributed by atoms with Crippen molar-refractivity contribution < 1.29 is 14.3 Å². The first-order valence-electron chi connectivity index (χ1n) is 7.68. The van der Waals surface area contributed by atoms with E-state index in [9.17, 15) is 4.79 Å². The Hall–Kier alpha value is -2.46. The summed E-state index contributed by atoms with van der Waals surface area (Å²) in [6, 6.07) is 12.6. The van der Waals surface area contributed by atoms with Gasteiger partial charge in [0, 0.05) is 6.08 Å². The van der Waals surface area contributed by atoms with Gasteiger partial charge in [0.15, 0.2) is 11.5 Å². The Labute approximate surface area is 147 Å². The first kappa shape index (κ1) is 17.9. The fourth-order valence-electron chi connectivity index (χ4n) is 2.03. The van der Waals surface area contributed by atoms with E-state index in [0.717, 1.165) is 12.0 Å². The normalized spacial score (nSPS) is 10.6. The smallest absolute Gasteiger partial charge is 0.248 e. The number of para-hydroxylation sites is 1. The number of nitrogens with one attached hydrogen (secondary N) is 1. The number of ether oxygens (including phenoxy) is 2. The highest BCUT2D eigenvalue weighted by molar-refractivity contribution is 6.33. The second-order valence-corrected chi connectivity index (χ2v) is 5.47. The Kier molecular flexibility index (Phi) is 6.70. The summed E-state index contributed by atoms with van der Waals surface area (Å²) in [5.41, 5.74) is 1.42. The summed E-state index contributed by atoms with van der Waals surface area (Å²) in [5, 5.41) is 3.23. The Balaban J connectivity index is 2.05. The van der Waals surface area contributed by atoms with Crippen LogP contribution in [0.25, 0.3) is 6.08 Å². The van der Waals surface area contributed by atoms with Gasteiger partial charge in [-0.1, -0.05) is 36.7 Å². The second kappa shape index (κ2) is 8.99. The molecule has 0 saturated carbocycles. The Bertz CT molecular complexity index is 728. The fourth-order valence-corrected chi connectivity index (χ4v) is 2.21. The number of hydrogen-bond donors (Lipinski definition) is 1. The number of halogens is 1. The van der Waals surface area contributed by atoms with Crippen molar-refractivity contribution in [2.45, 2.75) is 13.3 Å². The fraction of sp³-hybridized carbons (Fsp3) is 0.211. The molecule has 2 aromatic rings. The lowest BCUT2D eigenvalue weighted by Crippen LogP contribution is -2.07. The minimum Gasteiger partial charge on any atom is -0.493 e. The highest BCUT2D eigenvalue weighted by atomic mass is 35.5. The average Bonchev–Trinajstić information content (AvgIpc) is 2.60. The number of benzene rings is 2. The van der Waals surface area contributed by atoms with E-state index < -0.39 is 0 Å². The number of hydrogen-bond acceptors (Lipinski definition) is 3. The van der Waals surface area contributed by atoms with Crippen LogP contribution in [0, 0.1) is 0 Å². The maximum Gasteiger partial charge on any atom is 0.248 e. The summed E-state index contributed by atoms with van der Waals surface area (Å²) in [4.78, 5) is 12.0. The first-order chi connectivity index (χ1) is 11.6. The van der Waals surface area contributed by atoms with Gasteiger partial charge < -0.3 is 14.8 Å². The Morgan fingerprint density at radius 2 is 2.00 bits per heavy atom. The average molecular weight is 346 g/mol. The molecule has 0 atom stereocenters. The number of rotatable bonds is 7. The molecule has 2 rings (SSSR count). The quantitative estimate of drug-likeness (QED) is 0.734. The predicted molar refractivity (Wildman–Crippen MR) is 97.9 cm³/mol. The van der Waals surface area contributed by atoms with Crippen LogP contribution in [0.1, 0.15) is 18.9 Å². The second-order valence-electron chi connectivity index (χ2n) is 5.06. The van der Waals surface area contributed by atoms with Crippen LogP contribution in [0.2, 0.25) is 5.02 Å².